The van der Waals surface area contributed by atoms with Crippen LogP contribution in [-0.2, 0) is 17.3 Å². The van der Waals surface area contributed by atoms with E-state index < -0.39 is 0 Å². The Morgan fingerprint density at radius 2 is 1.32 bits per heavy atom. The van der Waals surface area contributed by atoms with Crippen molar-refractivity contribution in [3.8, 4) is 11.1 Å². The van der Waals surface area contributed by atoms with E-state index in [0.29, 0.717) is 5.92 Å². The van der Waals surface area contributed by atoms with E-state index in [4.69, 9.17) is 0 Å². The van der Waals surface area contributed by atoms with Crippen LogP contribution in [0.3, 0.4) is 0 Å². The molecule has 0 bridgehead atoms. The van der Waals surface area contributed by atoms with Crippen LogP contribution in [0.15, 0.2) is 42.0 Å². The first-order chi connectivity index (χ1) is 19.0. The van der Waals surface area contributed by atoms with Gasteiger partial charge in [-0.05, 0) is 117 Å². The Morgan fingerprint density at radius 1 is 0.700 bits per heavy atom. The third-order valence-electron chi connectivity index (χ3n) is 10.6. The Morgan fingerprint density at radius 3 is 1.98 bits per heavy atom. The average molecular weight is 533 g/mol. The van der Waals surface area contributed by atoms with Crippen molar-refractivity contribution in [2.45, 2.75) is 136 Å². The molecule has 0 aliphatic heterocycles. The van der Waals surface area contributed by atoms with Gasteiger partial charge in [0.1, 0.15) is 0 Å². The minimum Gasteiger partial charge on any atom is -0.0696 e. The SMILES string of the molecule is C/C(=C\c1c(C(C)(C)C)ccc2c1Cc1ccc(C(C)(C)C)c3cc(C4CCCCC4)cc-2c13)C1CCCCC1. The maximum atomic E-state index is 2.63. The summed E-state index contributed by atoms with van der Waals surface area (Å²) in [6, 6.07) is 15.2. The van der Waals surface area contributed by atoms with E-state index in [-0.39, 0.29) is 10.8 Å². The van der Waals surface area contributed by atoms with Crippen molar-refractivity contribution < 1.29 is 0 Å². The molecule has 0 atom stereocenters. The van der Waals surface area contributed by atoms with Crippen LogP contribution in [0.1, 0.15) is 152 Å². The van der Waals surface area contributed by atoms with Crippen molar-refractivity contribution in [1.82, 2.24) is 0 Å². The minimum absolute atomic E-state index is 0.114. The van der Waals surface area contributed by atoms with Crippen molar-refractivity contribution in [1.29, 1.82) is 0 Å². The van der Waals surface area contributed by atoms with Crippen LogP contribution in [0.4, 0.5) is 0 Å². The molecule has 6 rings (SSSR count). The van der Waals surface area contributed by atoms with Gasteiger partial charge in [-0.3, -0.25) is 0 Å². The first-order valence-electron chi connectivity index (χ1n) is 16.5. The molecule has 0 N–H and O–H groups in total. The largest absolute Gasteiger partial charge is 0.0696 e. The molecule has 3 aliphatic rings. The molecule has 0 unspecified atom stereocenters. The second-order valence-electron chi connectivity index (χ2n) is 15.6. The van der Waals surface area contributed by atoms with Crippen LogP contribution in [-0.4, -0.2) is 0 Å². The zero-order chi connectivity index (χ0) is 28.2. The third kappa shape index (κ3) is 5.10. The first-order valence-corrected chi connectivity index (χ1v) is 16.5. The highest BCUT2D eigenvalue weighted by Gasteiger charge is 2.30. The molecule has 212 valence electrons. The van der Waals surface area contributed by atoms with Crippen molar-refractivity contribution >= 4 is 16.8 Å². The molecule has 0 heterocycles. The molecule has 0 aromatic heterocycles. The lowest BCUT2D eigenvalue weighted by Gasteiger charge is -2.32. The van der Waals surface area contributed by atoms with E-state index in [2.05, 4.69) is 90.9 Å². The summed E-state index contributed by atoms with van der Waals surface area (Å²) in [4.78, 5) is 0. The van der Waals surface area contributed by atoms with Crippen LogP contribution < -0.4 is 0 Å². The lowest BCUT2D eigenvalue weighted by atomic mass is 9.72. The summed E-state index contributed by atoms with van der Waals surface area (Å²) in [6.07, 6.45) is 17.5. The molecule has 0 nitrogen and oxygen atoms in total. The van der Waals surface area contributed by atoms with E-state index in [1.807, 2.05) is 0 Å². The van der Waals surface area contributed by atoms with Gasteiger partial charge >= 0.3 is 0 Å². The molecule has 0 amide bonds. The lowest BCUT2D eigenvalue weighted by Crippen LogP contribution is -2.18. The van der Waals surface area contributed by atoms with E-state index in [1.54, 1.807) is 16.7 Å². The number of allylic oxidation sites excluding steroid dienone is 1. The van der Waals surface area contributed by atoms with E-state index >= 15 is 0 Å². The fourth-order valence-corrected chi connectivity index (χ4v) is 8.29. The van der Waals surface area contributed by atoms with E-state index in [1.165, 1.54) is 108 Å². The summed E-state index contributed by atoms with van der Waals surface area (Å²) in [5.41, 5.74) is 14.1. The molecule has 0 spiro atoms. The second kappa shape index (κ2) is 10.5. The van der Waals surface area contributed by atoms with Crippen LogP contribution in [0.5, 0.6) is 0 Å². The Labute approximate surface area is 244 Å². The number of fused-ring (bicyclic) bond motifs is 2. The summed E-state index contributed by atoms with van der Waals surface area (Å²) in [5, 5.41) is 3.05. The third-order valence-corrected chi connectivity index (χ3v) is 10.6. The van der Waals surface area contributed by atoms with Gasteiger partial charge in [-0.25, -0.2) is 0 Å². The Hall–Kier alpha value is -2.34. The predicted octanol–water partition coefficient (Wildman–Crippen LogP) is 12.0. The summed E-state index contributed by atoms with van der Waals surface area (Å²) >= 11 is 0. The van der Waals surface area contributed by atoms with Crippen LogP contribution >= 0.6 is 0 Å². The molecule has 3 aromatic carbocycles. The van der Waals surface area contributed by atoms with Gasteiger partial charge in [0, 0.05) is 0 Å². The molecule has 0 radical (unpaired) electrons. The molecular formula is C40H52. The van der Waals surface area contributed by atoms with Gasteiger partial charge < -0.3 is 0 Å². The van der Waals surface area contributed by atoms with Gasteiger partial charge in [0.2, 0.25) is 0 Å². The standard InChI is InChI=1S/C40H52/c1-26(27-14-10-8-11-15-27)22-33-32-23-29-18-20-37(40(5,6)7)35-25-30(28-16-12-9-13-17-28)24-34(38(29)35)31(32)19-21-36(33)39(2,3)4/h18-22,24-25,27-28H,8-17,23H2,1-7H3/b26-22+. The fourth-order valence-electron chi connectivity index (χ4n) is 8.29. The zero-order valence-electron chi connectivity index (χ0n) is 26.5. The number of hydrogen-bond acceptors (Lipinski definition) is 0. The summed E-state index contributed by atoms with van der Waals surface area (Å²) < 4.78 is 0. The Bertz CT molecular complexity index is 1440. The van der Waals surface area contributed by atoms with Crippen LogP contribution in [0.25, 0.3) is 28.0 Å². The van der Waals surface area contributed by atoms with Gasteiger partial charge in [0.05, 0.1) is 0 Å². The maximum absolute atomic E-state index is 2.63. The number of benzene rings is 3. The quantitative estimate of drug-likeness (QED) is 0.246. The van der Waals surface area contributed by atoms with Gasteiger partial charge in [-0.1, -0.05) is 128 Å². The number of hydrogen-bond donors (Lipinski definition) is 0. The van der Waals surface area contributed by atoms with E-state index in [0.717, 1.165) is 12.3 Å². The molecule has 0 heteroatoms. The monoisotopic (exact) mass is 532 g/mol. The van der Waals surface area contributed by atoms with Crippen molar-refractivity contribution in [3.63, 3.8) is 0 Å². The normalized spacial score (nSPS) is 19.2. The lowest BCUT2D eigenvalue weighted by molar-refractivity contribution is 0.404. The molecule has 2 saturated carbocycles. The van der Waals surface area contributed by atoms with Crippen molar-refractivity contribution in [2.75, 3.05) is 0 Å². The fraction of sp³-hybridized carbons (Fsp3) is 0.550. The smallest absolute Gasteiger partial charge is 0.000717 e. The zero-order valence-corrected chi connectivity index (χ0v) is 26.5. The Balaban J connectivity index is 1.61. The minimum atomic E-state index is 0.114. The van der Waals surface area contributed by atoms with Crippen molar-refractivity contribution in [3.05, 3.63) is 75.4 Å². The highest BCUT2D eigenvalue weighted by Crippen LogP contribution is 2.48. The van der Waals surface area contributed by atoms with Gasteiger partial charge in [0.25, 0.3) is 0 Å². The molecular weight excluding hydrogens is 480 g/mol. The maximum Gasteiger partial charge on any atom is -0.000717 e. The predicted molar refractivity (Wildman–Crippen MR) is 176 cm³/mol. The molecule has 2 fully saturated rings. The molecule has 3 aromatic rings. The van der Waals surface area contributed by atoms with Crippen LogP contribution in [0, 0.1) is 5.92 Å². The second-order valence-corrected chi connectivity index (χ2v) is 15.6. The highest BCUT2D eigenvalue weighted by atomic mass is 14.3. The van der Waals surface area contributed by atoms with Crippen LogP contribution in [0.2, 0.25) is 0 Å². The topological polar surface area (TPSA) is 0 Å². The molecule has 3 aliphatic carbocycles. The molecule has 40 heavy (non-hydrogen) atoms. The Kier molecular flexibility index (Phi) is 7.29. The number of rotatable bonds is 3. The summed E-state index contributed by atoms with van der Waals surface area (Å²) in [5.74, 6) is 1.46. The van der Waals surface area contributed by atoms with Gasteiger partial charge in [-0.15, -0.1) is 0 Å². The van der Waals surface area contributed by atoms with Crippen molar-refractivity contribution in [2.24, 2.45) is 5.92 Å². The van der Waals surface area contributed by atoms with E-state index in [9.17, 15) is 0 Å². The summed E-state index contributed by atoms with van der Waals surface area (Å²) in [7, 11) is 0. The average Bonchev–Trinajstić information content (AvgIpc) is 2.93. The van der Waals surface area contributed by atoms with Gasteiger partial charge in [0.15, 0.2) is 0 Å². The molecule has 0 saturated heterocycles. The van der Waals surface area contributed by atoms with Gasteiger partial charge in [-0.2, -0.15) is 0 Å². The highest BCUT2D eigenvalue weighted by molar-refractivity contribution is 6.05. The summed E-state index contributed by atoms with van der Waals surface area (Å²) in [6.45, 7) is 16.8. The first kappa shape index (κ1) is 27.8.